The number of nitrogens with one attached hydrogen (secondary N) is 1. The van der Waals surface area contributed by atoms with Crippen molar-refractivity contribution >= 4 is 22.8 Å². The Balaban J connectivity index is 1.96. The Bertz CT molecular complexity index is 674. The fourth-order valence-corrected chi connectivity index (χ4v) is 2.75. The molecule has 1 aliphatic heterocycles. The summed E-state index contributed by atoms with van der Waals surface area (Å²) in [7, 11) is 0. The Morgan fingerprint density at radius 3 is 2.95 bits per heavy atom. The first-order chi connectivity index (χ1) is 10.1. The molecule has 0 bridgehead atoms. The summed E-state index contributed by atoms with van der Waals surface area (Å²) < 4.78 is 0. The number of fused-ring (bicyclic) bond motifs is 1. The molecule has 6 nitrogen and oxygen atoms in total. The van der Waals surface area contributed by atoms with Gasteiger partial charge in [-0.2, -0.15) is 0 Å². The Morgan fingerprint density at radius 1 is 1.43 bits per heavy atom. The van der Waals surface area contributed by atoms with Crippen LogP contribution in [0.25, 0.3) is 10.9 Å². The number of amides is 1. The minimum atomic E-state index is -1.12. The van der Waals surface area contributed by atoms with Crippen molar-refractivity contribution in [1.82, 2.24) is 9.88 Å². The highest BCUT2D eigenvalue weighted by Gasteiger charge is 2.21. The van der Waals surface area contributed by atoms with Gasteiger partial charge in [-0.15, -0.1) is 0 Å². The number of benzene rings is 1. The van der Waals surface area contributed by atoms with Crippen LogP contribution in [0.15, 0.2) is 30.3 Å². The van der Waals surface area contributed by atoms with E-state index in [1.807, 2.05) is 24.3 Å². The van der Waals surface area contributed by atoms with Crippen molar-refractivity contribution in [2.45, 2.75) is 19.1 Å². The van der Waals surface area contributed by atoms with Crippen LogP contribution in [0, 0.1) is 0 Å². The van der Waals surface area contributed by atoms with Gasteiger partial charge in [-0.05, 0) is 24.1 Å². The molecule has 6 heteroatoms. The van der Waals surface area contributed by atoms with Gasteiger partial charge in [0.15, 0.2) is 0 Å². The third-order valence-electron chi connectivity index (χ3n) is 3.68. The maximum atomic E-state index is 10.8. The van der Waals surface area contributed by atoms with E-state index in [0.29, 0.717) is 18.9 Å². The van der Waals surface area contributed by atoms with Gasteiger partial charge >= 0.3 is 6.09 Å². The molecule has 1 aliphatic rings. The first kappa shape index (κ1) is 13.8. The molecule has 0 radical (unpaired) electrons. The molecule has 3 rings (SSSR count). The highest BCUT2D eigenvalue weighted by Crippen LogP contribution is 2.23. The van der Waals surface area contributed by atoms with Gasteiger partial charge in [0.1, 0.15) is 5.82 Å². The third kappa shape index (κ3) is 3.12. The molecule has 110 valence electrons. The van der Waals surface area contributed by atoms with Gasteiger partial charge in [-0.25, -0.2) is 9.78 Å². The van der Waals surface area contributed by atoms with Crippen molar-refractivity contribution in [3.63, 3.8) is 0 Å². The first-order valence-electron chi connectivity index (χ1n) is 6.91. The summed E-state index contributed by atoms with van der Waals surface area (Å²) in [4.78, 5) is 17.3. The molecule has 1 unspecified atom stereocenters. The van der Waals surface area contributed by atoms with Gasteiger partial charge in [0.25, 0.3) is 0 Å². The van der Waals surface area contributed by atoms with Crippen LogP contribution in [0.1, 0.15) is 12.0 Å². The summed E-state index contributed by atoms with van der Waals surface area (Å²) >= 11 is 0. The summed E-state index contributed by atoms with van der Waals surface area (Å²) in [6.45, 7) is 2.17. The molecule has 1 aromatic carbocycles. The van der Waals surface area contributed by atoms with Crippen LogP contribution >= 0.6 is 0 Å². The van der Waals surface area contributed by atoms with E-state index in [4.69, 9.17) is 5.11 Å². The third-order valence-corrected chi connectivity index (χ3v) is 3.68. The maximum Gasteiger partial charge on any atom is 0.410 e. The number of hydrogen-bond acceptors (Lipinski definition) is 4. The number of nitrogens with zero attached hydrogens (tertiary/aromatic N) is 2. The highest BCUT2D eigenvalue weighted by molar-refractivity contribution is 5.88. The lowest BCUT2D eigenvalue weighted by atomic mass is 10.1. The van der Waals surface area contributed by atoms with Crippen LogP contribution in [0.4, 0.5) is 10.6 Å². The highest BCUT2D eigenvalue weighted by atomic mass is 16.4. The largest absolute Gasteiger partial charge is 0.465 e. The topological polar surface area (TPSA) is 85.7 Å². The molecule has 21 heavy (non-hydrogen) atoms. The number of carboxylic acid groups (broad SMARTS) is 1. The molecule has 3 N–H and O–H groups in total. The van der Waals surface area contributed by atoms with Crippen molar-refractivity contribution in [3.05, 3.63) is 35.9 Å². The van der Waals surface area contributed by atoms with E-state index in [1.54, 1.807) is 6.07 Å². The second-order valence-electron chi connectivity index (χ2n) is 5.29. The molecule has 1 aromatic heterocycles. The molecule has 1 amide bonds. The summed E-state index contributed by atoms with van der Waals surface area (Å²) in [5.41, 5.74) is 1.77. The van der Waals surface area contributed by atoms with Crippen LogP contribution in [-0.4, -0.2) is 45.4 Å². The van der Waals surface area contributed by atoms with E-state index >= 15 is 0 Å². The van der Waals surface area contributed by atoms with Crippen LogP contribution in [0.3, 0.4) is 0 Å². The molecule has 1 saturated heterocycles. The van der Waals surface area contributed by atoms with Gasteiger partial charge < -0.3 is 10.2 Å². The first-order valence-corrected chi connectivity index (χ1v) is 6.91. The zero-order valence-corrected chi connectivity index (χ0v) is 11.5. The molecule has 2 aromatic rings. The Morgan fingerprint density at radius 2 is 2.24 bits per heavy atom. The van der Waals surface area contributed by atoms with Gasteiger partial charge in [-0.3, -0.25) is 10.2 Å². The zero-order valence-electron chi connectivity index (χ0n) is 11.5. The van der Waals surface area contributed by atoms with E-state index in [1.165, 1.54) is 0 Å². The second kappa shape index (κ2) is 5.67. The minimum Gasteiger partial charge on any atom is -0.465 e. The number of aromatic nitrogens is 1. The Hall–Kier alpha value is -2.18. The standard InChI is InChI=1S/C15H17N3O3/c19-11-5-6-18(9-11)8-10-7-14(17-15(20)21)16-13-4-2-1-3-12(10)13/h1-4,7,11,19H,5-6,8-9H2,(H,16,17)(H,20,21). The smallest absolute Gasteiger partial charge is 0.410 e. The minimum absolute atomic E-state index is 0.269. The number of aliphatic hydroxyl groups is 1. The van der Waals surface area contributed by atoms with Crippen LogP contribution in [0.5, 0.6) is 0 Å². The predicted octanol–water partition coefficient (Wildman–Crippen LogP) is 1.89. The fourth-order valence-electron chi connectivity index (χ4n) is 2.75. The number of hydrogen-bond donors (Lipinski definition) is 3. The Labute approximate surface area is 122 Å². The van der Waals surface area contributed by atoms with Crippen LogP contribution in [-0.2, 0) is 6.54 Å². The molecule has 0 saturated carbocycles. The van der Waals surface area contributed by atoms with Gasteiger partial charge in [0.2, 0.25) is 0 Å². The number of likely N-dealkylation sites (tertiary alicyclic amines) is 1. The Kier molecular flexibility index (Phi) is 3.72. The molecule has 1 atom stereocenters. The van der Waals surface area contributed by atoms with Crippen molar-refractivity contribution in [1.29, 1.82) is 0 Å². The van der Waals surface area contributed by atoms with Crippen molar-refractivity contribution in [2.24, 2.45) is 0 Å². The summed E-state index contributed by atoms with van der Waals surface area (Å²) in [5, 5.41) is 21.8. The van der Waals surface area contributed by atoms with E-state index in [2.05, 4.69) is 15.2 Å². The number of aliphatic hydroxyl groups excluding tert-OH is 1. The monoisotopic (exact) mass is 287 g/mol. The van der Waals surface area contributed by atoms with Crippen molar-refractivity contribution < 1.29 is 15.0 Å². The predicted molar refractivity (Wildman–Crippen MR) is 79.3 cm³/mol. The quantitative estimate of drug-likeness (QED) is 0.802. The van der Waals surface area contributed by atoms with Gasteiger partial charge in [-0.1, -0.05) is 18.2 Å². The lowest BCUT2D eigenvalue weighted by Gasteiger charge is -2.17. The number of para-hydroxylation sites is 1. The van der Waals surface area contributed by atoms with E-state index < -0.39 is 6.09 Å². The lowest BCUT2D eigenvalue weighted by molar-refractivity contribution is 0.175. The second-order valence-corrected chi connectivity index (χ2v) is 5.29. The molecule has 0 spiro atoms. The summed E-state index contributed by atoms with van der Waals surface area (Å²) in [5.74, 6) is 0.330. The number of anilines is 1. The summed E-state index contributed by atoms with van der Waals surface area (Å²) in [6.07, 6.45) is -0.612. The number of rotatable bonds is 3. The van der Waals surface area contributed by atoms with E-state index in [9.17, 15) is 9.90 Å². The van der Waals surface area contributed by atoms with E-state index in [0.717, 1.165) is 29.4 Å². The van der Waals surface area contributed by atoms with Gasteiger partial charge in [0.05, 0.1) is 11.6 Å². The van der Waals surface area contributed by atoms with Gasteiger partial charge in [0, 0.05) is 25.0 Å². The molecular formula is C15H17N3O3. The van der Waals surface area contributed by atoms with Crippen LogP contribution in [0.2, 0.25) is 0 Å². The maximum absolute atomic E-state index is 10.8. The molecule has 1 fully saturated rings. The fraction of sp³-hybridized carbons (Fsp3) is 0.333. The number of carbonyl (C=O) groups is 1. The normalized spacial score (nSPS) is 19.0. The molecule has 0 aliphatic carbocycles. The molecular weight excluding hydrogens is 270 g/mol. The number of β-amino-alcohol motifs (C(OH)–C–C–N with tert-alkyl or cyclic N) is 1. The van der Waals surface area contributed by atoms with Crippen molar-refractivity contribution in [2.75, 3.05) is 18.4 Å². The van der Waals surface area contributed by atoms with Crippen molar-refractivity contribution in [3.8, 4) is 0 Å². The lowest BCUT2D eigenvalue weighted by Crippen LogP contribution is -2.22. The average molecular weight is 287 g/mol. The van der Waals surface area contributed by atoms with E-state index in [-0.39, 0.29) is 6.10 Å². The average Bonchev–Trinajstić information content (AvgIpc) is 2.83. The number of pyridine rings is 1. The summed E-state index contributed by atoms with van der Waals surface area (Å²) in [6, 6.07) is 9.43. The molecule has 2 heterocycles. The zero-order chi connectivity index (χ0) is 14.8. The van der Waals surface area contributed by atoms with Crippen LogP contribution < -0.4 is 5.32 Å². The SMILES string of the molecule is O=C(O)Nc1cc(CN2CCC(O)C2)c2ccccc2n1.